The summed E-state index contributed by atoms with van der Waals surface area (Å²) in [5, 5.41) is 2.83. The van der Waals surface area contributed by atoms with Crippen LogP contribution in [-0.4, -0.2) is 13.0 Å². The van der Waals surface area contributed by atoms with Gasteiger partial charge in [0.25, 0.3) is 5.91 Å². The van der Waals surface area contributed by atoms with Gasteiger partial charge in [-0.05, 0) is 52.7 Å². The zero-order valence-corrected chi connectivity index (χ0v) is 12.8. The first-order chi connectivity index (χ1) is 9.51. The molecule has 4 nitrogen and oxygen atoms in total. The van der Waals surface area contributed by atoms with Crippen LogP contribution in [0.1, 0.15) is 15.9 Å². The van der Waals surface area contributed by atoms with Gasteiger partial charge in [0.2, 0.25) is 0 Å². The Hall–Kier alpha value is -2.01. The predicted octanol–water partition coefficient (Wildman–Crippen LogP) is 3.60. The third-order valence-electron chi connectivity index (χ3n) is 2.88. The summed E-state index contributed by atoms with van der Waals surface area (Å²) in [5.41, 5.74) is 8.47. The Morgan fingerprint density at radius 2 is 2.00 bits per heavy atom. The van der Waals surface area contributed by atoms with E-state index in [4.69, 9.17) is 10.5 Å². The molecule has 0 bridgehead atoms. The van der Waals surface area contributed by atoms with Gasteiger partial charge in [-0.3, -0.25) is 4.79 Å². The number of halogens is 1. The minimum atomic E-state index is -0.255. The van der Waals surface area contributed by atoms with Gasteiger partial charge < -0.3 is 15.8 Å². The largest absolute Gasteiger partial charge is 0.497 e. The highest BCUT2D eigenvalue weighted by atomic mass is 79.9. The van der Waals surface area contributed by atoms with Crippen LogP contribution in [0.3, 0.4) is 0 Å². The molecule has 0 aliphatic heterocycles. The van der Waals surface area contributed by atoms with Crippen molar-refractivity contribution in [3.05, 3.63) is 52.0 Å². The van der Waals surface area contributed by atoms with E-state index in [1.165, 1.54) is 0 Å². The van der Waals surface area contributed by atoms with Gasteiger partial charge in [-0.2, -0.15) is 0 Å². The van der Waals surface area contributed by atoms with Gasteiger partial charge in [0.1, 0.15) is 5.75 Å². The average molecular weight is 335 g/mol. The molecule has 104 valence electrons. The molecule has 0 radical (unpaired) electrons. The number of anilines is 2. The van der Waals surface area contributed by atoms with E-state index in [-0.39, 0.29) is 5.91 Å². The Bertz CT molecular complexity index is 656. The van der Waals surface area contributed by atoms with Crippen molar-refractivity contribution in [3.8, 4) is 5.75 Å². The molecule has 5 heteroatoms. The highest BCUT2D eigenvalue weighted by Gasteiger charge is 2.12. The standard InChI is InChI=1S/C15H15BrN2O2/c1-9-3-6-14(12(16)7-9)18-15(19)11-5-4-10(20-2)8-13(11)17/h3-8H,17H2,1-2H3,(H,18,19). The molecule has 0 saturated carbocycles. The van der Waals surface area contributed by atoms with Gasteiger partial charge in [0, 0.05) is 16.2 Å². The second-order valence-corrected chi connectivity index (χ2v) is 5.24. The van der Waals surface area contributed by atoms with Crippen molar-refractivity contribution >= 4 is 33.2 Å². The number of hydrogen-bond acceptors (Lipinski definition) is 3. The van der Waals surface area contributed by atoms with E-state index >= 15 is 0 Å². The number of methoxy groups -OCH3 is 1. The second-order valence-electron chi connectivity index (χ2n) is 4.39. The summed E-state index contributed by atoms with van der Waals surface area (Å²) in [6.45, 7) is 1.98. The zero-order chi connectivity index (χ0) is 14.7. The molecule has 2 aromatic rings. The molecule has 0 heterocycles. The van der Waals surface area contributed by atoms with E-state index in [1.54, 1.807) is 25.3 Å². The molecule has 1 amide bonds. The van der Waals surface area contributed by atoms with Gasteiger partial charge in [-0.1, -0.05) is 6.07 Å². The smallest absolute Gasteiger partial charge is 0.257 e. The second kappa shape index (κ2) is 5.96. The molecular formula is C15H15BrN2O2. The first-order valence-electron chi connectivity index (χ1n) is 6.02. The van der Waals surface area contributed by atoms with Crippen molar-refractivity contribution in [1.82, 2.24) is 0 Å². The Labute approximate surface area is 126 Å². The van der Waals surface area contributed by atoms with Crippen LogP contribution in [0.25, 0.3) is 0 Å². The highest BCUT2D eigenvalue weighted by Crippen LogP contribution is 2.25. The lowest BCUT2D eigenvalue weighted by Crippen LogP contribution is -2.14. The molecule has 0 fully saturated rings. The van der Waals surface area contributed by atoms with E-state index < -0.39 is 0 Å². The van der Waals surface area contributed by atoms with Gasteiger partial charge >= 0.3 is 0 Å². The lowest BCUT2D eigenvalue weighted by atomic mass is 10.1. The van der Waals surface area contributed by atoms with Crippen LogP contribution in [0, 0.1) is 6.92 Å². The van der Waals surface area contributed by atoms with Gasteiger partial charge in [-0.15, -0.1) is 0 Å². The lowest BCUT2D eigenvalue weighted by Gasteiger charge is -2.10. The summed E-state index contributed by atoms with van der Waals surface area (Å²) in [6, 6.07) is 10.7. The number of ether oxygens (including phenoxy) is 1. The number of nitrogens with one attached hydrogen (secondary N) is 1. The molecule has 0 unspecified atom stereocenters. The average Bonchev–Trinajstić information content (AvgIpc) is 2.41. The van der Waals surface area contributed by atoms with Crippen molar-refractivity contribution in [3.63, 3.8) is 0 Å². The van der Waals surface area contributed by atoms with E-state index in [2.05, 4.69) is 21.2 Å². The van der Waals surface area contributed by atoms with Gasteiger partial charge in [0.15, 0.2) is 0 Å². The number of nitrogens with two attached hydrogens (primary N) is 1. The summed E-state index contributed by atoms with van der Waals surface area (Å²) >= 11 is 3.42. The third kappa shape index (κ3) is 3.11. The molecule has 2 rings (SSSR count). The molecule has 0 atom stereocenters. The van der Waals surface area contributed by atoms with Gasteiger partial charge in [-0.25, -0.2) is 0 Å². The van der Waals surface area contributed by atoms with Crippen LogP contribution < -0.4 is 15.8 Å². The quantitative estimate of drug-likeness (QED) is 0.843. The van der Waals surface area contributed by atoms with Crippen LogP contribution >= 0.6 is 15.9 Å². The van der Waals surface area contributed by atoms with Crippen molar-refractivity contribution < 1.29 is 9.53 Å². The number of carbonyl (C=O) groups excluding carboxylic acids is 1. The third-order valence-corrected chi connectivity index (χ3v) is 3.53. The fourth-order valence-corrected chi connectivity index (χ4v) is 2.38. The minimum Gasteiger partial charge on any atom is -0.497 e. The number of carbonyl (C=O) groups is 1. The first kappa shape index (κ1) is 14.4. The molecule has 3 N–H and O–H groups in total. The number of benzene rings is 2. The summed E-state index contributed by atoms with van der Waals surface area (Å²) in [5.74, 6) is 0.366. The fourth-order valence-electron chi connectivity index (χ4n) is 1.79. The van der Waals surface area contributed by atoms with Gasteiger partial charge in [0.05, 0.1) is 18.4 Å². The maximum atomic E-state index is 12.2. The Morgan fingerprint density at radius 3 is 2.60 bits per heavy atom. The molecule has 0 aromatic heterocycles. The number of rotatable bonds is 3. The van der Waals surface area contributed by atoms with Crippen molar-refractivity contribution in [2.75, 3.05) is 18.2 Å². The normalized spacial score (nSPS) is 10.2. The van der Waals surface area contributed by atoms with E-state index in [0.29, 0.717) is 22.7 Å². The SMILES string of the molecule is COc1ccc(C(=O)Nc2ccc(C)cc2Br)c(N)c1. The molecule has 20 heavy (non-hydrogen) atoms. The first-order valence-corrected chi connectivity index (χ1v) is 6.81. The van der Waals surface area contributed by atoms with Crippen LogP contribution in [0.15, 0.2) is 40.9 Å². The summed E-state index contributed by atoms with van der Waals surface area (Å²) in [4.78, 5) is 12.2. The van der Waals surface area contributed by atoms with Crippen molar-refractivity contribution in [2.45, 2.75) is 6.92 Å². The number of aryl methyl sites for hydroxylation is 1. The Balaban J connectivity index is 2.24. The fraction of sp³-hybridized carbons (Fsp3) is 0.133. The summed E-state index contributed by atoms with van der Waals surface area (Å²) < 4.78 is 5.89. The van der Waals surface area contributed by atoms with E-state index in [9.17, 15) is 4.79 Å². The van der Waals surface area contributed by atoms with Crippen LogP contribution in [0.2, 0.25) is 0 Å². The van der Waals surface area contributed by atoms with Crippen LogP contribution in [-0.2, 0) is 0 Å². The Kier molecular flexibility index (Phi) is 4.29. The van der Waals surface area contributed by atoms with E-state index in [1.807, 2.05) is 25.1 Å². The number of amides is 1. The molecular weight excluding hydrogens is 320 g/mol. The summed E-state index contributed by atoms with van der Waals surface area (Å²) in [7, 11) is 1.55. The minimum absolute atomic E-state index is 0.255. The topological polar surface area (TPSA) is 64.3 Å². The Morgan fingerprint density at radius 1 is 1.25 bits per heavy atom. The molecule has 0 spiro atoms. The molecule has 0 aliphatic carbocycles. The lowest BCUT2D eigenvalue weighted by molar-refractivity contribution is 0.102. The highest BCUT2D eigenvalue weighted by molar-refractivity contribution is 9.10. The maximum absolute atomic E-state index is 12.2. The zero-order valence-electron chi connectivity index (χ0n) is 11.2. The number of hydrogen-bond donors (Lipinski definition) is 2. The van der Waals surface area contributed by atoms with Crippen LogP contribution in [0.5, 0.6) is 5.75 Å². The number of nitrogen functional groups attached to an aromatic ring is 1. The van der Waals surface area contributed by atoms with Crippen LogP contribution in [0.4, 0.5) is 11.4 Å². The van der Waals surface area contributed by atoms with Crippen molar-refractivity contribution in [1.29, 1.82) is 0 Å². The van der Waals surface area contributed by atoms with Crippen molar-refractivity contribution in [2.24, 2.45) is 0 Å². The molecule has 0 aliphatic rings. The predicted molar refractivity (Wildman–Crippen MR) is 84.2 cm³/mol. The maximum Gasteiger partial charge on any atom is 0.257 e. The monoisotopic (exact) mass is 334 g/mol. The molecule has 0 saturated heterocycles. The van der Waals surface area contributed by atoms with E-state index in [0.717, 1.165) is 10.0 Å². The molecule has 2 aromatic carbocycles. The summed E-state index contributed by atoms with van der Waals surface area (Å²) in [6.07, 6.45) is 0.